The normalized spacial score (nSPS) is 18.0. The molecule has 1 aliphatic heterocycles. The highest BCUT2D eigenvalue weighted by Crippen LogP contribution is 2.29. The Labute approximate surface area is 141 Å². The minimum absolute atomic E-state index is 0.241. The van der Waals surface area contributed by atoms with E-state index >= 15 is 0 Å². The van der Waals surface area contributed by atoms with Crippen molar-refractivity contribution in [2.45, 2.75) is 19.4 Å². The number of hydrogen-bond donors (Lipinski definition) is 1. The Bertz CT molecular complexity index is 491. The van der Waals surface area contributed by atoms with Crippen LogP contribution in [0.15, 0.2) is 21.2 Å². The SMILES string of the molecule is CCOC(=O)C(c1ncc(Br)cc1Br)N1CCCNCC1. The first-order valence-electron chi connectivity index (χ1n) is 7.05. The molecule has 116 valence electrons. The summed E-state index contributed by atoms with van der Waals surface area (Å²) in [6.07, 6.45) is 2.71. The van der Waals surface area contributed by atoms with Crippen molar-refractivity contribution in [3.63, 3.8) is 0 Å². The molecule has 1 atom stereocenters. The standard InChI is InChI=1S/C14H19Br2N3O2/c1-2-21-14(20)13(19-6-3-4-17-5-7-19)12-11(16)8-10(15)9-18-12/h8-9,13,17H,2-7H2,1H3. The second kappa shape index (κ2) is 8.22. The Hall–Kier alpha value is -0.500. The van der Waals surface area contributed by atoms with Gasteiger partial charge in [-0.1, -0.05) is 0 Å². The van der Waals surface area contributed by atoms with E-state index in [9.17, 15) is 4.79 Å². The fourth-order valence-corrected chi connectivity index (χ4v) is 3.61. The Morgan fingerprint density at radius 3 is 3.00 bits per heavy atom. The molecule has 21 heavy (non-hydrogen) atoms. The van der Waals surface area contributed by atoms with Crippen LogP contribution in [0.4, 0.5) is 0 Å². The maximum atomic E-state index is 12.4. The summed E-state index contributed by atoms with van der Waals surface area (Å²) in [4.78, 5) is 19.0. The molecule has 1 unspecified atom stereocenters. The summed E-state index contributed by atoms with van der Waals surface area (Å²) in [7, 11) is 0. The van der Waals surface area contributed by atoms with E-state index in [-0.39, 0.29) is 5.97 Å². The number of carbonyl (C=O) groups is 1. The highest BCUT2D eigenvalue weighted by molar-refractivity contribution is 9.11. The van der Waals surface area contributed by atoms with E-state index in [0.717, 1.165) is 41.5 Å². The van der Waals surface area contributed by atoms with Gasteiger partial charge in [0.15, 0.2) is 6.04 Å². The van der Waals surface area contributed by atoms with Gasteiger partial charge in [-0.2, -0.15) is 0 Å². The predicted molar refractivity (Wildman–Crippen MR) is 88.1 cm³/mol. The largest absolute Gasteiger partial charge is 0.465 e. The van der Waals surface area contributed by atoms with E-state index in [2.05, 4.69) is 47.1 Å². The summed E-state index contributed by atoms with van der Waals surface area (Å²) >= 11 is 6.90. The van der Waals surface area contributed by atoms with Crippen LogP contribution in [0.25, 0.3) is 0 Å². The van der Waals surface area contributed by atoms with Crippen LogP contribution < -0.4 is 5.32 Å². The molecule has 0 radical (unpaired) electrons. The second-order valence-corrected chi connectivity index (χ2v) is 6.58. The Balaban J connectivity index is 2.32. The molecule has 0 spiro atoms. The summed E-state index contributed by atoms with van der Waals surface area (Å²) in [5.74, 6) is -0.241. The van der Waals surface area contributed by atoms with E-state index in [1.807, 2.05) is 13.0 Å². The van der Waals surface area contributed by atoms with E-state index in [0.29, 0.717) is 12.3 Å². The van der Waals surface area contributed by atoms with Crippen molar-refractivity contribution in [1.29, 1.82) is 0 Å². The molecule has 0 aliphatic carbocycles. The van der Waals surface area contributed by atoms with Crippen molar-refractivity contribution in [2.24, 2.45) is 0 Å². The maximum Gasteiger partial charge on any atom is 0.329 e. The average molecular weight is 421 g/mol. The number of halogens is 2. The second-order valence-electron chi connectivity index (χ2n) is 4.81. The molecule has 1 aliphatic rings. The zero-order chi connectivity index (χ0) is 15.2. The Morgan fingerprint density at radius 2 is 2.29 bits per heavy atom. The summed E-state index contributed by atoms with van der Waals surface area (Å²) in [5.41, 5.74) is 0.707. The smallest absolute Gasteiger partial charge is 0.329 e. The molecule has 0 aromatic carbocycles. The molecular weight excluding hydrogens is 402 g/mol. The van der Waals surface area contributed by atoms with E-state index in [1.165, 1.54) is 0 Å². The van der Waals surface area contributed by atoms with Crippen LogP contribution >= 0.6 is 31.9 Å². The summed E-state index contributed by atoms with van der Waals surface area (Å²) in [5, 5.41) is 3.34. The van der Waals surface area contributed by atoms with Crippen molar-refractivity contribution >= 4 is 37.8 Å². The lowest BCUT2D eigenvalue weighted by Crippen LogP contribution is -2.38. The van der Waals surface area contributed by atoms with Gasteiger partial charge in [0.05, 0.1) is 12.3 Å². The van der Waals surface area contributed by atoms with Crippen molar-refractivity contribution in [1.82, 2.24) is 15.2 Å². The molecule has 1 aromatic heterocycles. The minimum atomic E-state index is -0.465. The first kappa shape index (κ1) is 16.9. The van der Waals surface area contributed by atoms with E-state index < -0.39 is 6.04 Å². The van der Waals surface area contributed by atoms with Crippen LogP contribution in [0.5, 0.6) is 0 Å². The third-order valence-electron chi connectivity index (χ3n) is 3.34. The van der Waals surface area contributed by atoms with Crippen molar-refractivity contribution in [3.8, 4) is 0 Å². The molecule has 5 nitrogen and oxygen atoms in total. The number of carbonyl (C=O) groups excluding carboxylic acids is 1. The molecular formula is C14H19Br2N3O2. The predicted octanol–water partition coefficient (Wildman–Crippen LogP) is 2.51. The third kappa shape index (κ3) is 4.48. The molecule has 0 bridgehead atoms. The van der Waals surface area contributed by atoms with Crippen molar-refractivity contribution in [3.05, 3.63) is 26.9 Å². The molecule has 1 aromatic rings. The molecule has 7 heteroatoms. The topological polar surface area (TPSA) is 54.5 Å². The number of rotatable bonds is 4. The lowest BCUT2D eigenvalue weighted by atomic mass is 10.1. The van der Waals surface area contributed by atoms with Crippen molar-refractivity contribution < 1.29 is 9.53 Å². The number of hydrogen-bond acceptors (Lipinski definition) is 5. The monoisotopic (exact) mass is 419 g/mol. The van der Waals surface area contributed by atoms with Gasteiger partial charge in [0.2, 0.25) is 0 Å². The van der Waals surface area contributed by atoms with E-state index in [4.69, 9.17) is 4.74 Å². The van der Waals surface area contributed by atoms with Gasteiger partial charge in [-0.25, -0.2) is 4.79 Å². The zero-order valence-corrected chi connectivity index (χ0v) is 15.1. The van der Waals surface area contributed by atoms with Gasteiger partial charge < -0.3 is 10.1 Å². The number of nitrogens with one attached hydrogen (secondary N) is 1. The lowest BCUT2D eigenvalue weighted by molar-refractivity contribution is -0.150. The number of pyridine rings is 1. The fourth-order valence-electron chi connectivity index (χ4n) is 2.41. The zero-order valence-electron chi connectivity index (χ0n) is 11.9. The summed E-state index contributed by atoms with van der Waals surface area (Å²) in [6.45, 7) is 5.68. The summed E-state index contributed by atoms with van der Waals surface area (Å²) < 4.78 is 6.95. The molecule has 1 fully saturated rings. The van der Waals surface area contributed by atoms with Gasteiger partial charge in [0.1, 0.15) is 0 Å². The third-order valence-corrected chi connectivity index (χ3v) is 4.41. The van der Waals surface area contributed by atoms with Crippen LogP contribution in [0.3, 0.4) is 0 Å². The van der Waals surface area contributed by atoms with Crippen LogP contribution in [0.1, 0.15) is 25.1 Å². The van der Waals surface area contributed by atoms with Gasteiger partial charge in [0, 0.05) is 34.8 Å². The maximum absolute atomic E-state index is 12.4. The fraction of sp³-hybridized carbons (Fsp3) is 0.571. The quantitative estimate of drug-likeness (QED) is 0.758. The molecule has 1 saturated heterocycles. The number of aromatic nitrogens is 1. The molecule has 2 rings (SSSR count). The summed E-state index contributed by atoms with van der Waals surface area (Å²) in [6, 6.07) is 1.44. The Kier molecular flexibility index (Phi) is 6.60. The first-order chi connectivity index (χ1) is 10.1. The average Bonchev–Trinajstić information content (AvgIpc) is 2.71. The minimum Gasteiger partial charge on any atom is -0.465 e. The van der Waals surface area contributed by atoms with Gasteiger partial charge in [0.25, 0.3) is 0 Å². The molecule has 2 heterocycles. The first-order valence-corrected chi connectivity index (χ1v) is 8.64. The van der Waals surface area contributed by atoms with Gasteiger partial charge in [-0.05, 0) is 57.8 Å². The van der Waals surface area contributed by atoms with Crippen molar-refractivity contribution in [2.75, 3.05) is 32.8 Å². The highest BCUT2D eigenvalue weighted by Gasteiger charge is 2.32. The molecule has 0 saturated carbocycles. The van der Waals surface area contributed by atoms with Crippen LogP contribution in [0, 0.1) is 0 Å². The van der Waals surface area contributed by atoms with Crippen LogP contribution in [-0.4, -0.2) is 48.6 Å². The number of ether oxygens (including phenoxy) is 1. The van der Waals surface area contributed by atoms with Gasteiger partial charge in [-0.15, -0.1) is 0 Å². The Morgan fingerprint density at radius 1 is 1.48 bits per heavy atom. The number of esters is 1. The van der Waals surface area contributed by atoms with E-state index in [1.54, 1.807) is 6.20 Å². The molecule has 0 amide bonds. The highest BCUT2D eigenvalue weighted by atomic mass is 79.9. The number of nitrogens with zero attached hydrogens (tertiary/aromatic N) is 2. The van der Waals surface area contributed by atoms with Gasteiger partial charge in [-0.3, -0.25) is 9.88 Å². The molecule has 1 N–H and O–H groups in total. The van der Waals surface area contributed by atoms with Crippen LogP contribution in [-0.2, 0) is 9.53 Å². The van der Waals surface area contributed by atoms with Crippen LogP contribution in [0.2, 0.25) is 0 Å². The van der Waals surface area contributed by atoms with Gasteiger partial charge >= 0.3 is 5.97 Å². The lowest BCUT2D eigenvalue weighted by Gasteiger charge is -2.28.